The minimum absolute atomic E-state index is 0.00647. The second-order valence-electron chi connectivity index (χ2n) is 5.82. The third-order valence-corrected chi connectivity index (χ3v) is 3.83. The van der Waals surface area contributed by atoms with Crippen LogP contribution in [0, 0.1) is 0 Å². The quantitative estimate of drug-likeness (QED) is 0.562. The van der Waals surface area contributed by atoms with Crippen molar-refractivity contribution in [3.63, 3.8) is 0 Å². The molecule has 0 saturated heterocycles. The number of alkyl halides is 3. The number of nitrogens with one attached hydrogen (secondary N) is 2. The van der Waals surface area contributed by atoms with E-state index in [2.05, 4.69) is 21.9 Å². The highest BCUT2D eigenvalue weighted by Gasteiger charge is 2.31. The molecule has 26 heavy (non-hydrogen) atoms. The van der Waals surface area contributed by atoms with Gasteiger partial charge in [-0.15, -0.1) is 13.2 Å². The molecular weight excluding hydrogens is 349 g/mol. The Labute approximate surface area is 149 Å². The Kier molecular flexibility index (Phi) is 6.54. The van der Waals surface area contributed by atoms with E-state index in [0.29, 0.717) is 12.2 Å². The van der Waals surface area contributed by atoms with Crippen molar-refractivity contribution < 1.29 is 27.4 Å². The predicted octanol–water partition coefficient (Wildman–Crippen LogP) is 4.73. The molecule has 2 atom stereocenters. The summed E-state index contributed by atoms with van der Waals surface area (Å²) in [5.74, 6) is 0.300. The molecule has 2 amide bonds. The van der Waals surface area contributed by atoms with Gasteiger partial charge in [0.2, 0.25) is 0 Å². The molecule has 0 bridgehead atoms. The Morgan fingerprint density at radius 2 is 2.12 bits per heavy atom. The van der Waals surface area contributed by atoms with Gasteiger partial charge in [-0.25, -0.2) is 4.79 Å². The van der Waals surface area contributed by atoms with Crippen LogP contribution in [0.1, 0.15) is 26.2 Å². The summed E-state index contributed by atoms with van der Waals surface area (Å²) in [4.78, 5) is 12.1. The Bertz CT molecular complexity index is 674. The maximum atomic E-state index is 12.2. The maximum absolute atomic E-state index is 12.2. The van der Waals surface area contributed by atoms with Crippen LogP contribution in [-0.2, 0) is 4.74 Å². The van der Waals surface area contributed by atoms with Crippen LogP contribution in [0.15, 0.2) is 48.8 Å². The number of hydrogen-bond donors (Lipinski definition) is 2. The molecule has 1 aliphatic carbocycles. The van der Waals surface area contributed by atoms with Crippen LogP contribution in [-0.4, -0.2) is 24.5 Å². The van der Waals surface area contributed by atoms with Crippen molar-refractivity contribution in [2.24, 2.45) is 0 Å². The molecule has 8 heteroatoms. The van der Waals surface area contributed by atoms with Crippen LogP contribution in [0.2, 0.25) is 0 Å². The van der Waals surface area contributed by atoms with Crippen molar-refractivity contribution in [3.05, 3.63) is 48.8 Å². The fourth-order valence-electron chi connectivity index (χ4n) is 2.73. The fraction of sp³-hybridized carbons (Fsp3) is 0.389. The van der Waals surface area contributed by atoms with Crippen molar-refractivity contribution in [2.45, 2.75) is 44.7 Å². The first-order valence-electron chi connectivity index (χ1n) is 8.18. The van der Waals surface area contributed by atoms with E-state index in [0.717, 1.165) is 25.0 Å². The number of carbonyl (C=O) groups excluding carboxylic acids is 1. The molecule has 0 heterocycles. The number of anilines is 1. The second kappa shape index (κ2) is 8.64. The number of rotatable bonds is 6. The third kappa shape index (κ3) is 6.34. The number of allylic oxidation sites excluding steroid dienone is 2. The molecule has 1 aliphatic rings. The van der Waals surface area contributed by atoms with Gasteiger partial charge in [0, 0.05) is 24.2 Å². The zero-order chi connectivity index (χ0) is 19.2. The lowest BCUT2D eigenvalue weighted by molar-refractivity contribution is -0.274. The molecule has 5 nitrogen and oxygen atoms in total. The van der Waals surface area contributed by atoms with Crippen molar-refractivity contribution in [3.8, 4) is 5.75 Å². The molecule has 2 rings (SSSR count). The molecule has 2 N–H and O–H groups in total. The summed E-state index contributed by atoms with van der Waals surface area (Å²) >= 11 is 0. The Hall–Kier alpha value is -2.64. The van der Waals surface area contributed by atoms with E-state index in [1.165, 1.54) is 12.1 Å². The number of ether oxygens (including phenoxy) is 2. The first kappa shape index (κ1) is 19.7. The highest BCUT2D eigenvalue weighted by molar-refractivity contribution is 5.89. The van der Waals surface area contributed by atoms with E-state index >= 15 is 0 Å². The average molecular weight is 370 g/mol. The monoisotopic (exact) mass is 370 g/mol. The standard InChI is InChI=1S/C18H21F3N2O3/c1-3-14(4-2)25-15-9-8-13(10-15)23-17(24)22-12-6-5-7-16(11-12)26-18(19,20)21/h3-7,11,13,15H,1,8-10H2,2H3,(H2,22,23,24). The summed E-state index contributed by atoms with van der Waals surface area (Å²) < 4.78 is 46.3. The number of carbonyl (C=O) groups is 1. The summed E-state index contributed by atoms with van der Waals surface area (Å²) in [7, 11) is 0. The van der Waals surface area contributed by atoms with Crippen molar-refractivity contribution in [2.75, 3.05) is 5.32 Å². The van der Waals surface area contributed by atoms with Gasteiger partial charge in [0.1, 0.15) is 17.6 Å². The van der Waals surface area contributed by atoms with Gasteiger partial charge >= 0.3 is 12.4 Å². The van der Waals surface area contributed by atoms with Gasteiger partial charge in [-0.2, -0.15) is 0 Å². The SMILES string of the molecule is C=CC(=CC)OC1CCC(NC(=O)Nc2cccc(OC(F)(F)F)c2)C1. The van der Waals surface area contributed by atoms with Crippen LogP contribution in [0.4, 0.5) is 23.7 Å². The first-order valence-corrected chi connectivity index (χ1v) is 8.18. The van der Waals surface area contributed by atoms with Crippen LogP contribution >= 0.6 is 0 Å². The normalized spacial score (nSPS) is 20.4. The highest BCUT2D eigenvalue weighted by Crippen LogP contribution is 2.26. The number of hydrogen-bond acceptors (Lipinski definition) is 3. The smallest absolute Gasteiger partial charge is 0.491 e. The lowest BCUT2D eigenvalue weighted by Gasteiger charge is -2.16. The van der Waals surface area contributed by atoms with Crippen molar-refractivity contribution in [1.82, 2.24) is 5.32 Å². The van der Waals surface area contributed by atoms with E-state index in [4.69, 9.17) is 4.74 Å². The summed E-state index contributed by atoms with van der Waals surface area (Å²) in [6, 6.07) is 4.55. The van der Waals surface area contributed by atoms with Crippen LogP contribution in [0.25, 0.3) is 0 Å². The third-order valence-electron chi connectivity index (χ3n) is 3.83. The van der Waals surface area contributed by atoms with Gasteiger partial charge in [-0.1, -0.05) is 12.6 Å². The van der Waals surface area contributed by atoms with Gasteiger partial charge in [0.15, 0.2) is 0 Å². The van der Waals surface area contributed by atoms with Gasteiger partial charge in [0.05, 0.1) is 0 Å². The molecule has 1 fully saturated rings. The molecule has 1 aromatic carbocycles. The lowest BCUT2D eigenvalue weighted by atomic mass is 10.2. The van der Waals surface area contributed by atoms with Crippen molar-refractivity contribution >= 4 is 11.7 Å². The van der Waals surface area contributed by atoms with E-state index in [-0.39, 0.29) is 17.8 Å². The number of benzene rings is 1. The zero-order valence-corrected chi connectivity index (χ0v) is 14.3. The van der Waals surface area contributed by atoms with Crippen LogP contribution in [0.5, 0.6) is 5.75 Å². The highest BCUT2D eigenvalue weighted by atomic mass is 19.4. The van der Waals surface area contributed by atoms with Gasteiger partial charge in [-0.05, 0) is 44.1 Å². The molecule has 2 unspecified atom stereocenters. The number of amides is 2. The van der Waals surface area contributed by atoms with Gasteiger partial charge in [0.25, 0.3) is 0 Å². The Balaban J connectivity index is 1.84. The Morgan fingerprint density at radius 3 is 2.77 bits per heavy atom. The summed E-state index contributed by atoms with van der Waals surface area (Å²) in [5.41, 5.74) is 0.206. The Morgan fingerprint density at radius 1 is 1.35 bits per heavy atom. The van der Waals surface area contributed by atoms with Gasteiger partial charge < -0.3 is 20.1 Å². The summed E-state index contributed by atoms with van der Waals surface area (Å²) in [6.45, 7) is 5.52. The average Bonchev–Trinajstić information content (AvgIpc) is 2.98. The molecule has 1 aromatic rings. The van der Waals surface area contributed by atoms with Crippen LogP contribution in [0.3, 0.4) is 0 Å². The molecule has 0 aromatic heterocycles. The second-order valence-corrected chi connectivity index (χ2v) is 5.82. The molecule has 0 aliphatic heterocycles. The lowest BCUT2D eigenvalue weighted by Crippen LogP contribution is -2.36. The number of halogens is 3. The van der Waals surface area contributed by atoms with Crippen molar-refractivity contribution in [1.29, 1.82) is 0 Å². The molecule has 142 valence electrons. The van der Waals surface area contributed by atoms with E-state index in [1.807, 2.05) is 13.0 Å². The van der Waals surface area contributed by atoms with E-state index in [9.17, 15) is 18.0 Å². The molecule has 0 radical (unpaired) electrons. The zero-order valence-electron chi connectivity index (χ0n) is 14.3. The molecule has 0 spiro atoms. The minimum atomic E-state index is -4.78. The summed E-state index contributed by atoms with van der Waals surface area (Å²) in [5, 5.41) is 5.30. The molecule has 1 saturated carbocycles. The maximum Gasteiger partial charge on any atom is 0.573 e. The van der Waals surface area contributed by atoms with Crippen LogP contribution < -0.4 is 15.4 Å². The fourth-order valence-corrected chi connectivity index (χ4v) is 2.73. The van der Waals surface area contributed by atoms with Gasteiger partial charge in [-0.3, -0.25) is 0 Å². The number of urea groups is 1. The minimum Gasteiger partial charge on any atom is -0.491 e. The topological polar surface area (TPSA) is 59.6 Å². The molecular formula is C18H21F3N2O3. The van der Waals surface area contributed by atoms with E-state index < -0.39 is 18.1 Å². The predicted molar refractivity (Wildman–Crippen MR) is 91.7 cm³/mol. The summed E-state index contributed by atoms with van der Waals surface area (Å²) in [6.07, 6.45) is 0.856. The first-order chi connectivity index (χ1) is 12.3. The largest absolute Gasteiger partial charge is 0.573 e. The van der Waals surface area contributed by atoms with E-state index in [1.54, 1.807) is 6.08 Å².